The van der Waals surface area contributed by atoms with Crippen molar-refractivity contribution in [2.24, 2.45) is 34.5 Å². The molecule has 0 unspecified atom stereocenters. The smallest absolute Gasteiger partial charge is 0.305 e. The molecular formula is C28H38O4. The highest BCUT2D eigenvalue weighted by Crippen LogP contribution is 2.70. The Morgan fingerprint density at radius 2 is 1.78 bits per heavy atom. The summed E-state index contributed by atoms with van der Waals surface area (Å²) < 4.78 is 18.3. The highest BCUT2D eigenvalue weighted by molar-refractivity contribution is 5.66. The third-order valence-corrected chi connectivity index (χ3v) is 10.5. The quantitative estimate of drug-likeness (QED) is 0.435. The van der Waals surface area contributed by atoms with Crippen LogP contribution in [0.4, 0.5) is 0 Å². The van der Waals surface area contributed by atoms with Crippen LogP contribution in [0.25, 0.3) is 0 Å². The summed E-state index contributed by atoms with van der Waals surface area (Å²) in [6, 6.07) is 10.6. The number of esters is 1. The summed E-state index contributed by atoms with van der Waals surface area (Å²) in [5, 5.41) is 0. The maximum absolute atomic E-state index is 11.6. The first-order chi connectivity index (χ1) is 15.3. The van der Waals surface area contributed by atoms with Crippen molar-refractivity contribution in [3.63, 3.8) is 0 Å². The third kappa shape index (κ3) is 3.12. The molecule has 0 radical (unpaired) electrons. The first kappa shape index (κ1) is 21.2. The van der Waals surface area contributed by atoms with Gasteiger partial charge in [0.15, 0.2) is 0 Å². The van der Waals surface area contributed by atoms with Crippen LogP contribution < -0.4 is 0 Å². The zero-order valence-corrected chi connectivity index (χ0v) is 19.8. The second-order valence-corrected chi connectivity index (χ2v) is 12.0. The molecule has 5 fully saturated rings. The van der Waals surface area contributed by atoms with Crippen LogP contribution in [0.15, 0.2) is 30.3 Å². The second-order valence-electron chi connectivity index (χ2n) is 12.0. The number of hydrogen-bond donors (Lipinski definition) is 0. The summed E-state index contributed by atoms with van der Waals surface area (Å²) in [5.41, 5.74) is 1.91. The standard InChI is InChI=1S/C28H38O4/c1-18(29)31-28-15-20-9-10-21-22-11-12-24(30-17-19-7-5-4-6-8-19)26(22,2)14-13-23(21)27(20,3)16-25(28)32-28/h4-8,20-25H,9-17H2,1-3H3/t20-,21-,22-,23-,24-,25+,26-,27-,28-/m0/s1. The fourth-order valence-electron chi connectivity index (χ4n) is 8.89. The van der Waals surface area contributed by atoms with Crippen molar-refractivity contribution < 1.29 is 19.0 Å². The van der Waals surface area contributed by atoms with Gasteiger partial charge in [0.1, 0.15) is 6.10 Å². The number of benzene rings is 1. The summed E-state index contributed by atoms with van der Waals surface area (Å²) in [6.07, 6.45) is 10.1. The molecule has 1 heterocycles. The van der Waals surface area contributed by atoms with E-state index in [-0.39, 0.29) is 12.1 Å². The third-order valence-electron chi connectivity index (χ3n) is 10.5. The van der Waals surface area contributed by atoms with Gasteiger partial charge in [-0.05, 0) is 85.0 Å². The predicted octanol–water partition coefficient (Wildman–Crippen LogP) is 5.88. The van der Waals surface area contributed by atoms with Gasteiger partial charge in [-0.25, -0.2) is 0 Å². The molecule has 0 bridgehead atoms. The van der Waals surface area contributed by atoms with Gasteiger partial charge in [-0.2, -0.15) is 0 Å². The van der Waals surface area contributed by atoms with E-state index in [1.807, 2.05) is 0 Å². The van der Waals surface area contributed by atoms with Crippen molar-refractivity contribution in [3.05, 3.63) is 35.9 Å². The van der Waals surface area contributed by atoms with Crippen molar-refractivity contribution in [1.29, 1.82) is 0 Å². The Labute approximate surface area is 192 Å². The summed E-state index contributed by atoms with van der Waals surface area (Å²) in [5.74, 6) is 2.17. The number of epoxide rings is 1. The molecule has 1 aliphatic heterocycles. The SMILES string of the molecule is CC(=O)O[C@]12C[C@@H]3CC[C@@H]4[C@H](CC[C@]5(C)[C@@H](OCc6ccccc6)CC[C@@H]45)[C@@]3(C)C[C@H]1O2. The van der Waals surface area contributed by atoms with Gasteiger partial charge in [0.05, 0.1) is 12.7 Å². The fraction of sp³-hybridized carbons (Fsp3) is 0.750. The van der Waals surface area contributed by atoms with Gasteiger partial charge in [0.25, 0.3) is 0 Å². The largest absolute Gasteiger partial charge is 0.430 e. The lowest BCUT2D eigenvalue weighted by atomic mass is 9.45. The van der Waals surface area contributed by atoms with Gasteiger partial charge in [-0.15, -0.1) is 0 Å². The van der Waals surface area contributed by atoms with Crippen LogP contribution in [-0.4, -0.2) is 24.0 Å². The zero-order valence-electron chi connectivity index (χ0n) is 19.8. The van der Waals surface area contributed by atoms with Crippen LogP contribution in [0.3, 0.4) is 0 Å². The summed E-state index contributed by atoms with van der Waals surface area (Å²) in [6.45, 7) is 7.31. The molecule has 4 nitrogen and oxygen atoms in total. The number of carbonyl (C=O) groups excluding carboxylic acids is 1. The highest BCUT2D eigenvalue weighted by atomic mass is 16.8. The molecule has 4 aliphatic carbocycles. The van der Waals surface area contributed by atoms with Crippen molar-refractivity contribution in [2.75, 3.05) is 0 Å². The van der Waals surface area contributed by atoms with E-state index in [1.165, 1.54) is 51.0 Å². The van der Waals surface area contributed by atoms with Crippen molar-refractivity contribution in [3.8, 4) is 0 Å². The lowest BCUT2D eigenvalue weighted by Gasteiger charge is -2.60. The Balaban J connectivity index is 1.17. The molecule has 0 N–H and O–H groups in total. The minimum Gasteiger partial charge on any atom is -0.430 e. The number of carbonyl (C=O) groups is 1. The van der Waals surface area contributed by atoms with E-state index in [0.717, 1.165) is 37.2 Å². The van der Waals surface area contributed by atoms with E-state index in [4.69, 9.17) is 14.2 Å². The molecule has 0 aromatic heterocycles. The van der Waals surface area contributed by atoms with Gasteiger partial charge in [-0.3, -0.25) is 4.79 Å². The highest BCUT2D eigenvalue weighted by Gasteiger charge is 2.71. The molecule has 9 atom stereocenters. The summed E-state index contributed by atoms with van der Waals surface area (Å²) >= 11 is 0. The lowest BCUT2D eigenvalue weighted by molar-refractivity contribution is -0.169. The van der Waals surface area contributed by atoms with E-state index in [9.17, 15) is 4.79 Å². The molecule has 4 saturated carbocycles. The van der Waals surface area contributed by atoms with Crippen LogP contribution >= 0.6 is 0 Å². The summed E-state index contributed by atoms with van der Waals surface area (Å²) in [7, 11) is 0. The average molecular weight is 439 g/mol. The van der Waals surface area contributed by atoms with E-state index >= 15 is 0 Å². The molecule has 1 aromatic rings. The molecule has 1 saturated heterocycles. The number of rotatable bonds is 4. The van der Waals surface area contributed by atoms with Crippen molar-refractivity contribution >= 4 is 5.97 Å². The van der Waals surface area contributed by atoms with Gasteiger partial charge in [0, 0.05) is 13.3 Å². The molecule has 32 heavy (non-hydrogen) atoms. The Bertz CT molecular complexity index is 885. The van der Waals surface area contributed by atoms with E-state index < -0.39 is 5.79 Å². The molecule has 4 heteroatoms. The molecule has 0 spiro atoms. The minimum atomic E-state index is -0.588. The van der Waals surface area contributed by atoms with Crippen LogP contribution in [0.5, 0.6) is 0 Å². The van der Waals surface area contributed by atoms with E-state index in [2.05, 4.69) is 44.2 Å². The number of ether oxygens (including phenoxy) is 3. The number of fused-ring (bicyclic) bond motifs is 6. The average Bonchev–Trinajstić information content (AvgIpc) is 3.31. The molecule has 6 rings (SSSR count). The first-order valence-corrected chi connectivity index (χ1v) is 12.9. The Kier molecular flexibility index (Phi) is 4.83. The van der Waals surface area contributed by atoms with Gasteiger partial charge in [0.2, 0.25) is 5.79 Å². The summed E-state index contributed by atoms with van der Waals surface area (Å²) in [4.78, 5) is 11.6. The van der Waals surface area contributed by atoms with E-state index in [0.29, 0.717) is 22.9 Å². The lowest BCUT2D eigenvalue weighted by Crippen LogP contribution is -2.55. The fourth-order valence-corrected chi connectivity index (χ4v) is 8.89. The minimum absolute atomic E-state index is 0.116. The number of hydrogen-bond acceptors (Lipinski definition) is 4. The van der Waals surface area contributed by atoms with Crippen LogP contribution in [0, 0.1) is 34.5 Å². The Morgan fingerprint density at radius 3 is 2.56 bits per heavy atom. The van der Waals surface area contributed by atoms with Gasteiger partial charge >= 0.3 is 5.97 Å². The normalized spacial score (nSPS) is 48.7. The molecule has 5 aliphatic rings. The molecule has 174 valence electrons. The second kappa shape index (κ2) is 7.30. The van der Waals surface area contributed by atoms with Crippen molar-refractivity contribution in [1.82, 2.24) is 0 Å². The predicted molar refractivity (Wildman–Crippen MR) is 121 cm³/mol. The first-order valence-electron chi connectivity index (χ1n) is 12.9. The molecule has 1 aromatic carbocycles. The topological polar surface area (TPSA) is 48.1 Å². The maximum Gasteiger partial charge on any atom is 0.305 e. The van der Waals surface area contributed by atoms with Crippen LogP contribution in [0.1, 0.15) is 77.7 Å². The monoisotopic (exact) mass is 438 g/mol. The van der Waals surface area contributed by atoms with E-state index in [1.54, 1.807) is 0 Å². The maximum atomic E-state index is 11.6. The Morgan fingerprint density at radius 1 is 1.00 bits per heavy atom. The van der Waals surface area contributed by atoms with Gasteiger partial charge in [-0.1, -0.05) is 44.2 Å². The Hall–Kier alpha value is -1.39. The molecular weight excluding hydrogens is 400 g/mol. The van der Waals surface area contributed by atoms with Crippen molar-refractivity contribution in [2.45, 2.75) is 96.7 Å². The zero-order chi connectivity index (χ0) is 22.1. The van der Waals surface area contributed by atoms with Crippen LogP contribution in [-0.2, 0) is 25.6 Å². The van der Waals surface area contributed by atoms with Gasteiger partial charge < -0.3 is 14.2 Å². The molecule has 0 amide bonds. The van der Waals surface area contributed by atoms with Crippen LogP contribution in [0.2, 0.25) is 0 Å².